The van der Waals surface area contributed by atoms with Crippen molar-refractivity contribution in [3.8, 4) is 11.4 Å². The second kappa shape index (κ2) is 7.98. The fourth-order valence-corrected chi connectivity index (χ4v) is 3.35. The number of carbonyl (C=O) groups is 2. The lowest BCUT2D eigenvalue weighted by molar-refractivity contribution is 0.0471. The van der Waals surface area contributed by atoms with E-state index in [2.05, 4.69) is 15.9 Å². The fourth-order valence-electron chi connectivity index (χ4n) is 2.99. The number of ketones is 1. The highest BCUT2D eigenvalue weighted by molar-refractivity contribution is 9.10. The highest BCUT2D eigenvalue weighted by Gasteiger charge is 2.20. The Balaban J connectivity index is 1.78. The largest absolute Gasteiger partial charge is 0.507 e. The number of hydrogen-bond donors (Lipinski definition) is 1. The average molecular weight is 446 g/mol. The van der Waals surface area contributed by atoms with Gasteiger partial charge in [-0.2, -0.15) is 0 Å². The minimum absolute atomic E-state index is 0.0287. The molecule has 2 aromatic carbocycles. The van der Waals surface area contributed by atoms with Gasteiger partial charge in [-0.25, -0.2) is 9.18 Å². The molecule has 0 radical (unpaired) electrons. The Labute approximate surface area is 169 Å². The van der Waals surface area contributed by atoms with Crippen LogP contribution in [0.1, 0.15) is 32.1 Å². The molecule has 1 aromatic heterocycles. The van der Waals surface area contributed by atoms with Crippen LogP contribution in [-0.4, -0.2) is 28.0 Å². The number of hydrogen-bond acceptors (Lipinski definition) is 4. The van der Waals surface area contributed by atoms with E-state index in [1.807, 2.05) is 11.5 Å². The normalized spacial score (nSPS) is 10.7. The number of benzene rings is 2. The van der Waals surface area contributed by atoms with Gasteiger partial charge in [-0.3, -0.25) is 4.79 Å². The molecule has 5 nitrogen and oxygen atoms in total. The number of esters is 1. The molecule has 0 bridgehead atoms. The van der Waals surface area contributed by atoms with Crippen molar-refractivity contribution in [3.63, 3.8) is 0 Å². The lowest BCUT2D eigenvalue weighted by atomic mass is 10.1. The predicted octanol–water partition coefficient (Wildman–Crippen LogP) is 4.74. The van der Waals surface area contributed by atoms with Gasteiger partial charge in [0.25, 0.3) is 0 Å². The van der Waals surface area contributed by atoms with Crippen molar-refractivity contribution in [3.05, 3.63) is 81.3 Å². The van der Waals surface area contributed by atoms with Crippen LogP contribution in [-0.2, 0) is 4.74 Å². The Kier molecular flexibility index (Phi) is 5.65. The number of aromatic hydroxyl groups is 1. The number of halogens is 2. The number of phenolic OH excluding ortho intramolecular Hbond substituents is 1. The average Bonchev–Trinajstić information content (AvgIpc) is 2.96. The summed E-state index contributed by atoms with van der Waals surface area (Å²) in [6, 6.07) is 12.0. The number of ether oxygens (including phenoxy) is 1. The number of Topliss-reactive ketones (excluding diaryl/α,β-unsaturated/α-hetero) is 1. The topological polar surface area (TPSA) is 68.5 Å². The minimum atomic E-state index is -0.792. The van der Waals surface area contributed by atoms with Crippen molar-refractivity contribution in [1.82, 2.24) is 4.57 Å². The van der Waals surface area contributed by atoms with Crippen LogP contribution < -0.4 is 0 Å². The van der Waals surface area contributed by atoms with Crippen LogP contribution in [0, 0.1) is 19.7 Å². The Morgan fingerprint density at radius 3 is 2.43 bits per heavy atom. The molecular weight excluding hydrogens is 429 g/mol. The van der Waals surface area contributed by atoms with Crippen LogP contribution in [0.5, 0.6) is 5.75 Å². The van der Waals surface area contributed by atoms with Gasteiger partial charge < -0.3 is 14.4 Å². The molecule has 0 atom stereocenters. The van der Waals surface area contributed by atoms with Crippen LogP contribution in [0.15, 0.2) is 53.0 Å². The molecule has 144 valence electrons. The first kappa shape index (κ1) is 19.8. The summed E-state index contributed by atoms with van der Waals surface area (Å²) in [4.78, 5) is 24.7. The quantitative estimate of drug-likeness (QED) is 0.454. The summed E-state index contributed by atoms with van der Waals surface area (Å²) in [5, 5.41) is 9.78. The van der Waals surface area contributed by atoms with Crippen molar-refractivity contribution in [1.29, 1.82) is 0 Å². The summed E-state index contributed by atoms with van der Waals surface area (Å²) in [5.74, 6) is -1.73. The van der Waals surface area contributed by atoms with E-state index in [4.69, 9.17) is 4.74 Å². The van der Waals surface area contributed by atoms with E-state index >= 15 is 0 Å². The molecule has 3 aromatic rings. The van der Waals surface area contributed by atoms with Crippen LogP contribution >= 0.6 is 15.9 Å². The third-order valence-electron chi connectivity index (χ3n) is 4.33. The van der Waals surface area contributed by atoms with Gasteiger partial charge in [0, 0.05) is 27.1 Å². The molecule has 0 unspecified atom stereocenters. The van der Waals surface area contributed by atoms with Gasteiger partial charge in [-0.05, 0) is 62.4 Å². The monoisotopic (exact) mass is 445 g/mol. The zero-order valence-corrected chi connectivity index (χ0v) is 16.8. The molecule has 0 spiro atoms. The van der Waals surface area contributed by atoms with E-state index < -0.39 is 12.6 Å². The molecule has 0 saturated carbocycles. The van der Waals surface area contributed by atoms with E-state index in [-0.39, 0.29) is 22.9 Å². The van der Waals surface area contributed by atoms with E-state index in [0.717, 1.165) is 11.4 Å². The van der Waals surface area contributed by atoms with Crippen molar-refractivity contribution in [2.75, 3.05) is 6.61 Å². The molecule has 3 rings (SSSR count). The van der Waals surface area contributed by atoms with Gasteiger partial charge in [0.2, 0.25) is 5.78 Å². The molecule has 1 N–H and O–H groups in total. The van der Waals surface area contributed by atoms with Crippen LogP contribution in [0.3, 0.4) is 0 Å². The molecule has 0 amide bonds. The minimum Gasteiger partial charge on any atom is -0.507 e. The standard InChI is InChI=1S/C21H17BrFNO4/c1-12-9-17(13(2)24(12)16-6-4-15(23)5-7-16)20(26)11-28-21(27)18-10-14(22)3-8-19(18)25/h3-10,25H,11H2,1-2H3. The Bertz CT molecular complexity index is 1060. The summed E-state index contributed by atoms with van der Waals surface area (Å²) in [7, 11) is 0. The molecule has 7 heteroatoms. The Morgan fingerprint density at radius 1 is 1.07 bits per heavy atom. The van der Waals surface area contributed by atoms with Crippen molar-refractivity contribution in [2.24, 2.45) is 0 Å². The van der Waals surface area contributed by atoms with Crippen LogP contribution in [0.2, 0.25) is 0 Å². The van der Waals surface area contributed by atoms with E-state index in [0.29, 0.717) is 15.7 Å². The van der Waals surface area contributed by atoms with E-state index in [9.17, 15) is 19.1 Å². The van der Waals surface area contributed by atoms with E-state index in [1.54, 1.807) is 31.2 Å². The molecule has 0 fully saturated rings. The van der Waals surface area contributed by atoms with E-state index in [1.165, 1.54) is 24.3 Å². The number of phenols is 1. The van der Waals surface area contributed by atoms with Crippen molar-refractivity contribution < 1.29 is 23.8 Å². The molecule has 0 saturated heterocycles. The maximum atomic E-state index is 13.2. The summed E-state index contributed by atoms with van der Waals surface area (Å²) < 4.78 is 20.7. The second-order valence-electron chi connectivity index (χ2n) is 6.26. The molecular formula is C21H17BrFNO4. The molecule has 28 heavy (non-hydrogen) atoms. The number of rotatable bonds is 5. The number of carbonyl (C=O) groups excluding carboxylic acids is 2. The van der Waals surface area contributed by atoms with Crippen molar-refractivity contribution in [2.45, 2.75) is 13.8 Å². The Morgan fingerprint density at radius 2 is 1.75 bits per heavy atom. The highest BCUT2D eigenvalue weighted by Crippen LogP contribution is 2.24. The molecule has 0 aliphatic carbocycles. The smallest absolute Gasteiger partial charge is 0.342 e. The van der Waals surface area contributed by atoms with Gasteiger partial charge >= 0.3 is 5.97 Å². The maximum Gasteiger partial charge on any atom is 0.342 e. The first-order valence-corrected chi connectivity index (χ1v) is 9.21. The first-order valence-electron chi connectivity index (χ1n) is 8.41. The van der Waals surface area contributed by atoms with Gasteiger partial charge in [0.1, 0.15) is 17.1 Å². The predicted molar refractivity (Wildman–Crippen MR) is 106 cm³/mol. The fraction of sp³-hybridized carbons (Fsp3) is 0.143. The zero-order chi connectivity index (χ0) is 20.4. The van der Waals surface area contributed by atoms with Crippen molar-refractivity contribution >= 4 is 27.7 Å². The number of nitrogens with zero attached hydrogens (tertiary/aromatic N) is 1. The summed E-state index contributed by atoms with van der Waals surface area (Å²) in [5.41, 5.74) is 2.57. The second-order valence-corrected chi connectivity index (χ2v) is 7.17. The molecule has 1 heterocycles. The van der Waals surface area contributed by atoms with Gasteiger partial charge in [-0.15, -0.1) is 0 Å². The van der Waals surface area contributed by atoms with Gasteiger partial charge in [-0.1, -0.05) is 15.9 Å². The third-order valence-corrected chi connectivity index (χ3v) is 4.82. The number of aryl methyl sites for hydroxylation is 1. The summed E-state index contributed by atoms with van der Waals surface area (Å²) in [6.45, 7) is 3.14. The Hall–Kier alpha value is -2.93. The SMILES string of the molecule is Cc1cc(C(=O)COC(=O)c2cc(Br)ccc2O)c(C)n1-c1ccc(F)cc1. The first-order chi connectivity index (χ1) is 13.3. The van der Waals surface area contributed by atoms with Gasteiger partial charge in [0.15, 0.2) is 6.61 Å². The molecule has 0 aliphatic rings. The third kappa shape index (κ3) is 3.99. The summed E-state index contributed by atoms with van der Waals surface area (Å²) in [6.07, 6.45) is 0. The lowest BCUT2D eigenvalue weighted by Crippen LogP contribution is -2.15. The lowest BCUT2D eigenvalue weighted by Gasteiger charge is -2.10. The van der Waals surface area contributed by atoms with Crippen LogP contribution in [0.25, 0.3) is 5.69 Å². The molecule has 0 aliphatic heterocycles. The number of aromatic nitrogens is 1. The zero-order valence-electron chi connectivity index (χ0n) is 15.2. The summed E-state index contributed by atoms with van der Waals surface area (Å²) >= 11 is 3.22. The maximum absolute atomic E-state index is 13.2. The van der Waals surface area contributed by atoms with Gasteiger partial charge in [0.05, 0.1) is 0 Å². The highest BCUT2D eigenvalue weighted by atomic mass is 79.9. The van der Waals surface area contributed by atoms with Crippen LogP contribution in [0.4, 0.5) is 4.39 Å².